The summed E-state index contributed by atoms with van der Waals surface area (Å²) in [6.45, 7) is 6.81. The number of fused-ring (bicyclic) bond motifs is 1. The van der Waals surface area contributed by atoms with Gasteiger partial charge in [0.2, 0.25) is 5.88 Å². The number of allylic oxidation sites excluding steroid dienone is 2. The molecule has 3 heterocycles. The summed E-state index contributed by atoms with van der Waals surface area (Å²) in [5.41, 5.74) is 1.16. The van der Waals surface area contributed by atoms with E-state index in [4.69, 9.17) is 9.47 Å². The molecule has 33 heavy (non-hydrogen) atoms. The maximum Gasteiger partial charge on any atom is 0.257 e. The van der Waals surface area contributed by atoms with Gasteiger partial charge in [0, 0.05) is 32.4 Å². The number of ether oxygens (including phenoxy) is 2. The quantitative estimate of drug-likeness (QED) is 0.301. The number of nitrogens with one attached hydrogen (secondary N) is 3. The highest BCUT2D eigenvalue weighted by molar-refractivity contribution is 6.00. The normalized spacial score (nSPS) is 21.5. The second-order valence-electron chi connectivity index (χ2n) is 7.83. The van der Waals surface area contributed by atoms with Gasteiger partial charge in [-0.2, -0.15) is 9.61 Å². The molecule has 2 aliphatic rings. The molecular formula is C22H28FN7O3. The summed E-state index contributed by atoms with van der Waals surface area (Å²) in [6.07, 6.45) is 5.93. The van der Waals surface area contributed by atoms with Crippen LogP contribution < -0.4 is 16.0 Å². The Morgan fingerprint density at radius 1 is 1.42 bits per heavy atom. The first-order valence-corrected chi connectivity index (χ1v) is 10.9. The highest BCUT2D eigenvalue weighted by Crippen LogP contribution is 2.27. The summed E-state index contributed by atoms with van der Waals surface area (Å²) < 4.78 is 26.2. The third-order valence-electron chi connectivity index (χ3n) is 5.42. The molecule has 0 spiro atoms. The van der Waals surface area contributed by atoms with Crippen LogP contribution in [0.5, 0.6) is 0 Å². The Hall–Kier alpha value is -3.47. The molecule has 0 bridgehead atoms. The third kappa shape index (κ3) is 5.14. The number of anilines is 2. The number of rotatable bonds is 9. The molecule has 1 aliphatic carbocycles. The van der Waals surface area contributed by atoms with Gasteiger partial charge >= 0.3 is 0 Å². The Labute approximate surface area is 191 Å². The summed E-state index contributed by atoms with van der Waals surface area (Å²) in [6, 6.07) is 1.30. The zero-order valence-corrected chi connectivity index (χ0v) is 18.7. The SMILES string of the molecule is C=N/C(OC1CCOCC1)=C(\C=C/C)Nc1cc(NC)n2ncc(C(=O)N[C@H]3C[C@H]3F)c2n1. The summed E-state index contributed by atoms with van der Waals surface area (Å²) in [4.78, 5) is 21.3. The van der Waals surface area contributed by atoms with E-state index >= 15 is 0 Å². The summed E-state index contributed by atoms with van der Waals surface area (Å²) in [7, 11) is 1.74. The van der Waals surface area contributed by atoms with E-state index in [0.717, 1.165) is 12.8 Å². The van der Waals surface area contributed by atoms with Crippen molar-refractivity contribution in [1.82, 2.24) is 19.9 Å². The van der Waals surface area contributed by atoms with E-state index in [0.29, 0.717) is 48.5 Å². The van der Waals surface area contributed by atoms with E-state index in [2.05, 4.69) is 37.7 Å². The molecule has 176 valence electrons. The maximum atomic E-state index is 13.3. The van der Waals surface area contributed by atoms with Crippen molar-refractivity contribution >= 4 is 29.9 Å². The zero-order chi connectivity index (χ0) is 23.4. The topological polar surface area (TPSA) is 114 Å². The second kappa shape index (κ2) is 9.99. The van der Waals surface area contributed by atoms with Crippen LogP contribution in [0.1, 0.15) is 36.5 Å². The van der Waals surface area contributed by atoms with E-state index in [1.807, 2.05) is 19.1 Å². The van der Waals surface area contributed by atoms with Crippen LogP contribution in [0.25, 0.3) is 5.65 Å². The van der Waals surface area contributed by atoms with Crippen LogP contribution in [0.4, 0.5) is 16.0 Å². The van der Waals surface area contributed by atoms with Crippen LogP contribution in [-0.2, 0) is 9.47 Å². The monoisotopic (exact) mass is 457 g/mol. The first-order valence-electron chi connectivity index (χ1n) is 10.9. The second-order valence-corrected chi connectivity index (χ2v) is 7.83. The molecular weight excluding hydrogens is 429 g/mol. The fourth-order valence-corrected chi connectivity index (χ4v) is 3.53. The molecule has 2 fully saturated rings. The number of hydrogen-bond donors (Lipinski definition) is 3. The summed E-state index contributed by atoms with van der Waals surface area (Å²) >= 11 is 0. The fourth-order valence-electron chi connectivity index (χ4n) is 3.53. The lowest BCUT2D eigenvalue weighted by atomic mass is 10.1. The molecule has 1 amide bonds. The third-order valence-corrected chi connectivity index (χ3v) is 5.42. The van der Waals surface area contributed by atoms with Crippen LogP contribution in [0, 0.1) is 0 Å². The van der Waals surface area contributed by atoms with Crippen LogP contribution >= 0.6 is 0 Å². The van der Waals surface area contributed by atoms with Crippen LogP contribution in [0.3, 0.4) is 0 Å². The van der Waals surface area contributed by atoms with Gasteiger partial charge in [-0.25, -0.2) is 14.4 Å². The van der Waals surface area contributed by atoms with Crippen molar-refractivity contribution < 1.29 is 18.7 Å². The number of hydrogen-bond acceptors (Lipinski definition) is 8. The highest BCUT2D eigenvalue weighted by Gasteiger charge is 2.39. The molecule has 1 saturated heterocycles. The Kier molecular flexibility index (Phi) is 6.87. The summed E-state index contributed by atoms with van der Waals surface area (Å²) in [5, 5.41) is 13.2. The first kappa shape index (κ1) is 22.7. The lowest BCUT2D eigenvalue weighted by Gasteiger charge is -2.24. The van der Waals surface area contributed by atoms with Crippen molar-refractivity contribution in [1.29, 1.82) is 0 Å². The number of carbonyl (C=O) groups is 1. The molecule has 2 aromatic rings. The lowest BCUT2D eigenvalue weighted by molar-refractivity contribution is -0.00481. The largest absolute Gasteiger partial charge is 0.473 e. The van der Waals surface area contributed by atoms with Gasteiger partial charge in [0.25, 0.3) is 5.91 Å². The van der Waals surface area contributed by atoms with E-state index in [1.165, 1.54) is 10.7 Å². The van der Waals surface area contributed by atoms with Crippen molar-refractivity contribution in [3.63, 3.8) is 0 Å². The van der Waals surface area contributed by atoms with Crippen LogP contribution in [0.15, 0.2) is 41.0 Å². The standard InChI is InChI=1S/C22H28FN7O3/c1-4-5-16(22(25-3)33-13-6-8-32-9-7-13)27-18-11-19(24-2)30-20(29-18)14(12-26-30)21(31)28-17-10-15(17)23/h4-5,11-13,15,17,24H,3,6-10H2,1-2H3,(H,27,29)(H,28,31)/b5-4-,22-16-/t15-,17+/m1/s1. The zero-order valence-electron chi connectivity index (χ0n) is 18.7. The molecule has 4 rings (SSSR count). The predicted molar refractivity (Wildman–Crippen MR) is 123 cm³/mol. The van der Waals surface area contributed by atoms with Crippen molar-refractivity contribution in [3.8, 4) is 0 Å². The highest BCUT2D eigenvalue weighted by atomic mass is 19.1. The molecule has 10 nitrogen and oxygen atoms in total. The molecule has 0 radical (unpaired) electrons. The Balaban J connectivity index is 1.65. The lowest BCUT2D eigenvalue weighted by Crippen LogP contribution is -2.27. The van der Waals surface area contributed by atoms with Crippen LogP contribution in [0.2, 0.25) is 0 Å². The molecule has 2 atom stereocenters. The number of aromatic nitrogens is 3. The minimum Gasteiger partial charge on any atom is -0.473 e. The van der Waals surface area contributed by atoms with Gasteiger partial charge in [0.05, 0.1) is 25.5 Å². The maximum absolute atomic E-state index is 13.3. The Bertz CT molecular complexity index is 1090. The molecule has 0 unspecified atom stereocenters. The van der Waals surface area contributed by atoms with Crippen molar-refractivity contribution in [2.75, 3.05) is 30.9 Å². The molecule has 0 aromatic carbocycles. The minimum atomic E-state index is -0.997. The van der Waals surface area contributed by atoms with E-state index in [-0.39, 0.29) is 11.7 Å². The molecule has 1 aliphatic heterocycles. The van der Waals surface area contributed by atoms with Gasteiger partial charge in [-0.05, 0) is 19.7 Å². The van der Waals surface area contributed by atoms with Gasteiger partial charge in [-0.15, -0.1) is 0 Å². The van der Waals surface area contributed by atoms with E-state index < -0.39 is 18.1 Å². The van der Waals surface area contributed by atoms with Gasteiger partial charge in [0.1, 0.15) is 35.2 Å². The number of amides is 1. The Morgan fingerprint density at radius 2 is 2.18 bits per heavy atom. The fraction of sp³-hybridized carbons (Fsp3) is 0.455. The Morgan fingerprint density at radius 3 is 2.82 bits per heavy atom. The number of alkyl halides is 1. The molecule has 11 heteroatoms. The number of carbonyl (C=O) groups excluding carboxylic acids is 1. The smallest absolute Gasteiger partial charge is 0.257 e. The predicted octanol–water partition coefficient (Wildman–Crippen LogP) is 2.66. The van der Waals surface area contributed by atoms with Crippen molar-refractivity contribution in [2.24, 2.45) is 4.99 Å². The average molecular weight is 458 g/mol. The van der Waals surface area contributed by atoms with Crippen molar-refractivity contribution in [2.45, 2.75) is 44.5 Å². The molecule has 2 aromatic heterocycles. The van der Waals surface area contributed by atoms with Crippen molar-refractivity contribution in [3.05, 3.63) is 41.6 Å². The molecule has 3 N–H and O–H groups in total. The van der Waals surface area contributed by atoms with E-state index in [1.54, 1.807) is 13.1 Å². The van der Waals surface area contributed by atoms with Gasteiger partial charge in [-0.3, -0.25) is 4.79 Å². The summed E-state index contributed by atoms with van der Waals surface area (Å²) in [5.74, 6) is 0.986. The van der Waals surface area contributed by atoms with E-state index in [9.17, 15) is 9.18 Å². The molecule has 1 saturated carbocycles. The first-order chi connectivity index (χ1) is 16.0. The van der Waals surface area contributed by atoms with Crippen LogP contribution in [-0.4, -0.2) is 65.8 Å². The average Bonchev–Trinajstić information content (AvgIpc) is 3.34. The number of nitrogens with zero attached hydrogens (tertiary/aromatic N) is 4. The number of aliphatic imine (C=N–C) groups is 1. The number of halogens is 1. The minimum absolute atomic E-state index is 0.0171. The van der Waals surface area contributed by atoms with Gasteiger partial charge < -0.3 is 25.4 Å². The van der Waals surface area contributed by atoms with Gasteiger partial charge in [0.15, 0.2) is 5.65 Å². The van der Waals surface area contributed by atoms with Gasteiger partial charge in [-0.1, -0.05) is 6.08 Å².